The molecule has 0 aliphatic carbocycles. The number of ether oxygens (including phenoxy) is 1. The number of aromatic nitrogens is 2. The maximum absolute atomic E-state index is 5.95. The highest BCUT2D eigenvalue weighted by Gasteiger charge is 2.08. The quantitative estimate of drug-likeness (QED) is 0.875. The Bertz CT molecular complexity index is 601. The Morgan fingerprint density at radius 2 is 2.26 bits per heavy atom. The van der Waals surface area contributed by atoms with E-state index >= 15 is 0 Å². The van der Waals surface area contributed by atoms with Crippen LogP contribution in [0.4, 0.5) is 0 Å². The highest BCUT2D eigenvalue weighted by molar-refractivity contribution is 5.66. The molecule has 1 heterocycles. The monoisotopic (exact) mass is 258 g/mol. The van der Waals surface area contributed by atoms with Crippen LogP contribution in [0.15, 0.2) is 36.9 Å². The number of imidazole rings is 1. The van der Waals surface area contributed by atoms with Crippen molar-refractivity contribution < 1.29 is 4.74 Å². The molecular weight excluding hydrogens is 240 g/mol. The Balaban J connectivity index is 2.45. The summed E-state index contributed by atoms with van der Waals surface area (Å²) in [7, 11) is 3.46. The van der Waals surface area contributed by atoms with E-state index in [0.29, 0.717) is 5.70 Å². The summed E-state index contributed by atoms with van der Waals surface area (Å²) in [5.41, 5.74) is 9.41. The summed E-state index contributed by atoms with van der Waals surface area (Å²) in [6.07, 6.45) is 5.46. The molecule has 0 saturated heterocycles. The average molecular weight is 258 g/mol. The maximum atomic E-state index is 5.95. The molecule has 1 aromatic carbocycles. The van der Waals surface area contributed by atoms with Gasteiger partial charge in [0.15, 0.2) is 0 Å². The van der Waals surface area contributed by atoms with E-state index in [1.165, 1.54) is 0 Å². The molecule has 0 aliphatic heterocycles. The van der Waals surface area contributed by atoms with Crippen LogP contribution in [0.5, 0.6) is 5.75 Å². The lowest BCUT2D eigenvalue weighted by atomic mass is 10.1. The molecule has 100 valence electrons. The molecule has 0 saturated carbocycles. The van der Waals surface area contributed by atoms with E-state index < -0.39 is 0 Å². The molecule has 0 unspecified atom stereocenters. The van der Waals surface area contributed by atoms with E-state index in [-0.39, 0.29) is 0 Å². The molecule has 0 amide bonds. The van der Waals surface area contributed by atoms with E-state index in [1.807, 2.05) is 42.9 Å². The van der Waals surface area contributed by atoms with Crippen LogP contribution in [0.25, 0.3) is 11.4 Å². The summed E-state index contributed by atoms with van der Waals surface area (Å²) in [5.74, 6) is 0.752. The Kier molecular flexibility index (Phi) is 3.75. The van der Waals surface area contributed by atoms with Gasteiger partial charge in [0.2, 0.25) is 0 Å². The summed E-state index contributed by atoms with van der Waals surface area (Å²) >= 11 is 0. The molecule has 5 nitrogen and oxygen atoms in total. The van der Waals surface area contributed by atoms with Crippen molar-refractivity contribution >= 4 is 5.70 Å². The summed E-state index contributed by atoms with van der Waals surface area (Å²) in [6.45, 7) is 1.95. The van der Waals surface area contributed by atoms with Crippen LogP contribution >= 0.6 is 0 Å². The van der Waals surface area contributed by atoms with E-state index in [1.54, 1.807) is 19.6 Å². The van der Waals surface area contributed by atoms with Crippen LogP contribution in [-0.4, -0.2) is 23.7 Å². The van der Waals surface area contributed by atoms with Crippen molar-refractivity contribution in [3.05, 3.63) is 48.2 Å². The Morgan fingerprint density at radius 3 is 2.84 bits per heavy atom. The number of hydrogen-bond acceptors (Lipinski definition) is 4. The molecule has 5 heteroatoms. The molecule has 19 heavy (non-hydrogen) atoms. The van der Waals surface area contributed by atoms with Gasteiger partial charge in [-0.25, -0.2) is 4.98 Å². The molecule has 0 aliphatic rings. The fourth-order valence-electron chi connectivity index (χ4n) is 1.86. The van der Waals surface area contributed by atoms with Gasteiger partial charge in [-0.2, -0.15) is 0 Å². The fourth-order valence-corrected chi connectivity index (χ4v) is 1.86. The first-order chi connectivity index (χ1) is 9.15. The van der Waals surface area contributed by atoms with Crippen molar-refractivity contribution in [3.63, 3.8) is 0 Å². The molecule has 0 radical (unpaired) electrons. The molecule has 1 aromatic heterocycles. The van der Waals surface area contributed by atoms with Crippen LogP contribution in [0.2, 0.25) is 0 Å². The zero-order valence-corrected chi connectivity index (χ0v) is 11.3. The molecule has 0 spiro atoms. The second-order valence-electron chi connectivity index (χ2n) is 4.20. The number of benzene rings is 1. The van der Waals surface area contributed by atoms with Crippen LogP contribution < -0.4 is 15.8 Å². The topological polar surface area (TPSA) is 65.1 Å². The Morgan fingerprint density at radius 1 is 1.47 bits per heavy atom. The number of nitrogens with two attached hydrogens (primary N) is 1. The van der Waals surface area contributed by atoms with Crippen molar-refractivity contribution in [3.8, 4) is 11.4 Å². The average Bonchev–Trinajstić information content (AvgIpc) is 2.84. The molecule has 2 rings (SSSR count). The molecular formula is C14H18N4O. The van der Waals surface area contributed by atoms with E-state index in [4.69, 9.17) is 10.5 Å². The smallest absolute Gasteiger partial charge is 0.143 e. The van der Waals surface area contributed by atoms with Crippen molar-refractivity contribution in [2.45, 2.75) is 6.92 Å². The number of rotatable bonds is 4. The molecule has 3 N–H and O–H groups in total. The van der Waals surface area contributed by atoms with E-state index in [9.17, 15) is 0 Å². The first-order valence-corrected chi connectivity index (χ1v) is 5.98. The zero-order chi connectivity index (χ0) is 13.8. The summed E-state index contributed by atoms with van der Waals surface area (Å²) in [5, 5.41) is 2.91. The Labute approximate surface area is 112 Å². The zero-order valence-electron chi connectivity index (χ0n) is 11.3. The standard InChI is InChI=1S/C14H18N4O/c1-10-8-18(9-17-10)13-5-4-11(6-14(13)19-3)12(15)7-16-2/h4-9,16H,15H2,1-3H3/b12-7-. The van der Waals surface area contributed by atoms with Crippen LogP contribution in [-0.2, 0) is 0 Å². The van der Waals surface area contributed by atoms with Crippen LogP contribution in [0, 0.1) is 6.92 Å². The minimum absolute atomic E-state index is 0.661. The number of aryl methyl sites for hydroxylation is 1. The normalized spacial score (nSPS) is 11.4. The predicted molar refractivity (Wildman–Crippen MR) is 76.1 cm³/mol. The summed E-state index contributed by atoms with van der Waals surface area (Å²) in [6, 6.07) is 5.83. The van der Waals surface area contributed by atoms with Crippen molar-refractivity contribution in [1.82, 2.24) is 14.9 Å². The van der Waals surface area contributed by atoms with Gasteiger partial charge < -0.3 is 20.4 Å². The van der Waals surface area contributed by atoms with Gasteiger partial charge in [-0.1, -0.05) is 6.07 Å². The fraction of sp³-hybridized carbons (Fsp3) is 0.214. The second-order valence-corrected chi connectivity index (χ2v) is 4.20. The van der Waals surface area contributed by atoms with Gasteiger partial charge in [-0.15, -0.1) is 0 Å². The number of nitrogens with one attached hydrogen (secondary N) is 1. The third-order valence-electron chi connectivity index (χ3n) is 2.80. The maximum Gasteiger partial charge on any atom is 0.143 e. The van der Waals surface area contributed by atoms with Crippen LogP contribution in [0.3, 0.4) is 0 Å². The molecule has 0 atom stereocenters. The lowest BCUT2D eigenvalue weighted by Gasteiger charge is -2.11. The minimum Gasteiger partial charge on any atom is -0.495 e. The number of nitrogens with zero attached hydrogens (tertiary/aromatic N) is 2. The molecule has 2 aromatic rings. The third kappa shape index (κ3) is 2.70. The van der Waals surface area contributed by atoms with Crippen molar-refractivity contribution in [1.29, 1.82) is 0 Å². The third-order valence-corrected chi connectivity index (χ3v) is 2.80. The van der Waals surface area contributed by atoms with E-state index in [2.05, 4.69) is 10.3 Å². The highest BCUT2D eigenvalue weighted by atomic mass is 16.5. The van der Waals surface area contributed by atoms with Gasteiger partial charge in [-0.05, 0) is 19.1 Å². The number of methoxy groups -OCH3 is 1. The van der Waals surface area contributed by atoms with Gasteiger partial charge in [0.25, 0.3) is 0 Å². The van der Waals surface area contributed by atoms with Crippen molar-refractivity contribution in [2.24, 2.45) is 5.73 Å². The van der Waals surface area contributed by atoms with Crippen LogP contribution in [0.1, 0.15) is 11.3 Å². The number of hydrogen-bond donors (Lipinski definition) is 2. The van der Waals surface area contributed by atoms with Gasteiger partial charge >= 0.3 is 0 Å². The highest BCUT2D eigenvalue weighted by Crippen LogP contribution is 2.26. The largest absolute Gasteiger partial charge is 0.495 e. The van der Waals surface area contributed by atoms with Gasteiger partial charge in [0, 0.05) is 25.0 Å². The Hall–Kier alpha value is -2.43. The van der Waals surface area contributed by atoms with Crippen molar-refractivity contribution in [2.75, 3.05) is 14.2 Å². The first-order valence-electron chi connectivity index (χ1n) is 5.98. The summed E-state index contributed by atoms with van der Waals surface area (Å²) in [4.78, 5) is 4.22. The minimum atomic E-state index is 0.661. The lowest BCUT2D eigenvalue weighted by Crippen LogP contribution is -2.04. The molecule has 0 bridgehead atoms. The van der Waals surface area contributed by atoms with E-state index in [0.717, 1.165) is 22.7 Å². The lowest BCUT2D eigenvalue weighted by molar-refractivity contribution is 0.412. The van der Waals surface area contributed by atoms with Gasteiger partial charge in [0.05, 0.1) is 30.5 Å². The second kappa shape index (κ2) is 5.48. The van der Waals surface area contributed by atoms with Gasteiger partial charge in [0.1, 0.15) is 5.75 Å². The molecule has 0 fully saturated rings. The SMILES string of the molecule is CN/C=C(\N)c1ccc(-n2cnc(C)c2)c(OC)c1. The predicted octanol–water partition coefficient (Wildman–Crippen LogP) is 1.67. The van der Waals surface area contributed by atoms with Gasteiger partial charge in [-0.3, -0.25) is 0 Å². The summed E-state index contributed by atoms with van der Waals surface area (Å²) < 4.78 is 7.35. The first kappa shape index (κ1) is 13.0.